The summed E-state index contributed by atoms with van der Waals surface area (Å²) in [5, 5.41) is 0.787. The second-order valence-electron chi connectivity index (χ2n) is 8.42. The van der Waals surface area contributed by atoms with Gasteiger partial charge in [-0.15, -0.1) is 0 Å². The number of benzene rings is 3. The largest absolute Gasteiger partial charge is 0.497 e. The fraction of sp³-hybridized carbons (Fsp3) is 0.143. The van der Waals surface area contributed by atoms with E-state index < -0.39 is 17.9 Å². The Labute approximate surface area is 214 Å². The quantitative estimate of drug-likeness (QED) is 0.293. The molecule has 0 unspecified atom stereocenters. The molecule has 5 aromatic rings. The molecule has 1 aliphatic heterocycles. The number of carbonyl (C=O) groups excluding carboxylic acids is 2. The average molecular weight is 513 g/mol. The molecule has 1 aliphatic rings. The fourth-order valence-corrected chi connectivity index (χ4v) is 5.61. The third-order valence-electron chi connectivity index (χ3n) is 6.30. The van der Waals surface area contributed by atoms with Crippen LogP contribution in [-0.2, 0) is 4.74 Å². The summed E-state index contributed by atoms with van der Waals surface area (Å²) in [6.07, 6.45) is 0. The van der Waals surface area contributed by atoms with Gasteiger partial charge in [-0.05, 0) is 55.0 Å². The van der Waals surface area contributed by atoms with Gasteiger partial charge in [0.2, 0.25) is 5.76 Å². The van der Waals surface area contributed by atoms with Crippen molar-refractivity contribution >= 4 is 49.5 Å². The normalized spacial score (nSPS) is 14.8. The lowest BCUT2D eigenvalue weighted by Crippen LogP contribution is -2.29. The predicted octanol–water partition coefficient (Wildman–Crippen LogP) is 5.34. The van der Waals surface area contributed by atoms with Crippen molar-refractivity contribution in [2.45, 2.75) is 13.0 Å². The summed E-state index contributed by atoms with van der Waals surface area (Å²) in [7, 11) is 1.57. The van der Waals surface area contributed by atoms with Crippen molar-refractivity contribution < 1.29 is 23.5 Å². The Morgan fingerprint density at radius 1 is 1.08 bits per heavy atom. The molecule has 2 aromatic heterocycles. The third-order valence-corrected chi connectivity index (χ3v) is 7.32. The first-order valence-electron chi connectivity index (χ1n) is 11.6. The molecular formula is C28H20N2O6S. The van der Waals surface area contributed by atoms with E-state index in [-0.39, 0.29) is 23.4 Å². The summed E-state index contributed by atoms with van der Waals surface area (Å²) in [4.78, 5) is 45.9. The zero-order valence-electron chi connectivity index (χ0n) is 19.9. The van der Waals surface area contributed by atoms with E-state index in [0.29, 0.717) is 43.2 Å². The molecule has 0 radical (unpaired) electrons. The van der Waals surface area contributed by atoms with Crippen LogP contribution < -0.4 is 15.1 Å². The number of rotatable bonds is 5. The topological polar surface area (TPSA) is 98.9 Å². The molecule has 1 amide bonds. The molecule has 0 saturated carbocycles. The summed E-state index contributed by atoms with van der Waals surface area (Å²) >= 11 is 1.25. The van der Waals surface area contributed by atoms with Gasteiger partial charge < -0.3 is 13.9 Å². The van der Waals surface area contributed by atoms with Crippen LogP contribution in [0.5, 0.6) is 5.75 Å². The zero-order valence-corrected chi connectivity index (χ0v) is 20.7. The fourth-order valence-electron chi connectivity index (χ4n) is 4.58. The van der Waals surface area contributed by atoms with Crippen molar-refractivity contribution in [3.05, 3.63) is 99.4 Å². The molecule has 0 saturated heterocycles. The van der Waals surface area contributed by atoms with Crippen molar-refractivity contribution in [2.75, 3.05) is 18.6 Å². The number of anilines is 1. The third kappa shape index (κ3) is 3.66. The van der Waals surface area contributed by atoms with Gasteiger partial charge in [-0.25, -0.2) is 9.78 Å². The molecule has 3 heterocycles. The molecule has 0 fully saturated rings. The van der Waals surface area contributed by atoms with E-state index in [1.165, 1.54) is 16.2 Å². The van der Waals surface area contributed by atoms with Gasteiger partial charge in [-0.2, -0.15) is 0 Å². The Balaban J connectivity index is 1.54. The standard InChI is InChI=1S/C28H20N2O6S/c1-3-35-27(33)16-10-13-19-21(14-16)37-28(29-19)30-23(15-8-11-17(34-2)12-9-15)22-24(31)18-6-4-5-7-20(18)36-25(22)26(30)32/h4-14,23H,3H2,1-2H3/t23-/m0/s1. The van der Waals surface area contributed by atoms with Crippen LogP contribution in [0.2, 0.25) is 0 Å². The molecule has 0 spiro atoms. The number of fused-ring (bicyclic) bond motifs is 3. The number of aromatic nitrogens is 1. The number of para-hydroxylation sites is 1. The Kier molecular flexibility index (Phi) is 5.49. The monoisotopic (exact) mass is 512 g/mol. The van der Waals surface area contributed by atoms with E-state index in [1.54, 1.807) is 68.6 Å². The first-order chi connectivity index (χ1) is 18.0. The maximum atomic E-state index is 13.8. The van der Waals surface area contributed by atoms with Crippen molar-refractivity contribution in [2.24, 2.45) is 0 Å². The number of methoxy groups -OCH3 is 1. The Morgan fingerprint density at radius 2 is 1.86 bits per heavy atom. The molecule has 0 bridgehead atoms. The zero-order chi connectivity index (χ0) is 25.7. The SMILES string of the molecule is CCOC(=O)c1ccc2nc(N3C(=O)c4oc5ccccc5c(=O)c4[C@@H]3c3ccc(OC)cc3)sc2c1. The highest BCUT2D eigenvalue weighted by atomic mass is 32.1. The smallest absolute Gasteiger partial charge is 0.338 e. The molecule has 9 heteroatoms. The van der Waals surface area contributed by atoms with Crippen LogP contribution >= 0.6 is 11.3 Å². The van der Waals surface area contributed by atoms with Gasteiger partial charge in [-0.1, -0.05) is 35.6 Å². The van der Waals surface area contributed by atoms with E-state index in [9.17, 15) is 14.4 Å². The minimum Gasteiger partial charge on any atom is -0.497 e. The molecule has 0 aliphatic carbocycles. The maximum absolute atomic E-state index is 13.8. The number of esters is 1. The van der Waals surface area contributed by atoms with Crippen LogP contribution in [0.1, 0.15) is 45.0 Å². The number of hydrogen-bond acceptors (Lipinski definition) is 8. The minimum atomic E-state index is -0.751. The Morgan fingerprint density at radius 3 is 2.62 bits per heavy atom. The Bertz CT molecular complexity index is 1750. The number of nitrogens with zero attached hydrogens (tertiary/aromatic N) is 2. The number of carbonyl (C=O) groups is 2. The summed E-state index contributed by atoms with van der Waals surface area (Å²) in [6.45, 7) is 2.01. The molecule has 37 heavy (non-hydrogen) atoms. The van der Waals surface area contributed by atoms with E-state index in [2.05, 4.69) is 4.98 Å². The van der Waals surface area contributed by atoms with E-state index >= 15 is 0 Å². The van der Waals surface area contributed by atoms with Gasteiger partial charge >= 0.3 is 5.97 Å². The van der Waals surface area contributed by atoms with Gasteiger partial charge in [0.1, 0.15) is 11.3 Å². The highest BCUT2D eigenvalue weighted by molar-refractivity contribution is 7.22. The molecule has 3 aromatic carbocycles. The van der Waals surface area contributed by atoms with Crippen LogP contribution in [0, 0.1) is 0 Å². The maximum Gasteiger partial charge on any atom is 0.338 e. The van der Waals surface area contributed by atoms with E-state index in [1.807, 2.05) is 12.1 Å². The van der Waals surface area contributed by atoms with Gasteiger partial charge in [0.05, 0.1) is 46.5 Å². The van der Waals surface area contributed by atoms with Gasteiger partial charge in [0.15, 0.2) is 10.6 Å². The number of ether oxygens (including phenoxy) is 2. The lowest BCUT2D eigenvalue weighted by molar-refractivity contribution is 0.0526. The number of amides is 1. The lowest BCUT2D eigenvalue weighted by atomic mass is 9.98. The molecule has 0 N–H and O–H groups in total. The van der Waals surface area contributed by atoms with Crippen LogP contribution in [0.25, 0.3) is 21.2 Å². The van der Waals surface area contributed by atoms with Gasteiger partial charge in [0, 0.05) is 0 Å². The van der Waals surface area contributed by atoms with Crippen molar-refractivity contribution in [3.8, 4) is 5.75 Å². The molecule has 184 valence electrons. The second kappa shape index (κ2) is 8.86. The van der Waals surface area contributed by atoms with E-state index in [0.717, 1.165) is 0 Å². The molecule has 6 rings (SSSR count). The average Bonchev–Trinajstić information content (AvgIpc) is 3.47. The summed E-state index contributed by atoms with van der Waals surface area (Å²) in [6, 6.07) is 18.4. The predicted molar refractivity (Wildman–Crippen MR) is 140 cm³/mol. The van der Waals surface area contributed by atoms with Crippen molar-refractivity contribution in [1.29, 1.82) is 0 Å². The van der Waals surface area contributed by atoms with Crippen LogP contribution in [0.15, 0.2) is 75.9 Å². The summed E-state index contributed by atoms with van der Waals surface area (Å²) in [5.74, 6) is -0.238. The summed E-state index contributed by atoms with van der Waals surface area (Å²) < 4.78 is 17.1. The van der Waals surface area contributed by atoms with E-state index in [4.69, 9.17) is 13.9 Å². The highest BCUT2D eigenvalue weighted by Crippen LogP contribution is 2.44. The van der Waals surface area contributed by atoms with Gasteiger partial charge in [-0.3, -0.25) is 14.5 Å². The summed E-state index contributed by atoms with van der Waals surface area (Å²) in [5.41, 5.74) is 2.07. The molecule has 1 atom stereocenters. The van der Waals surface area contributed by atoms with Crippen LogP contribution in [0.4, 0.5) is 5.13 Å². The van der Waals surface area contributed by atoms with Gasteiger partial charge in [0.25, 0.3) is 5.91 Å². The Hall–Kier alpha value is -4.50. The van der Waals surface area contributed by atoms with Crippen molar-refractivity contribution in [3.63, 3.8) is 0 Å². The minimum absolute atomic E-state index is 0.00372. The molecule has 8 nitrogen and oxygen atoms in total. The first kappa shape index (κ1) is 22.9. The van der Waals surface area contributed by atoms with Crippen molar-refractivity contribution in [1.82, 2.24) is 4.98 Å². The first-order valence-corrected chi connectivity index (χ1v) is 12.4. The number of thiazole rings is 1. The molecular weight excluding hydrogens is 492 g/mol. The van der Waals surface area contributed by atoms with Crippen LogP contribution in [-0.4, -0.2) is 30.6 Å². The lowest BCUT2D eigenvalue weighted by Gasteiger charge is -2.22. The second-order valence-corrected chi connectivity index (χ2v) is 9.43. The highest BCUT2D eigenvalue weighted by Gasteiger charge is 2.45. The number of hydrogen-bond donors (Lipinski definition) is 0. The van der Waals surface area contributed by atoms with Crippen LogP contribution in [0.3, 0.4) is 0 Å².